The molecule has 0 aliphatic carbocycles. The second kappa shape index (κ2) is 21.2. The molecule has 0 aliphatic heterocycles. The molecule has 0 rings (SSSR count). The van der Waals surface area contributed by atoms with E-state index in [1.807, 2.05) is 0 Å². The molecule has 0 saturated carbocycles. The van der Waals surface area contributed by atoms with Gasteiger partial charge in [-0.1, -0.05) is 33.1 Å². The summed E-state index contributed by atoms with van der Waals surface area (Å²) in [7, 11) is 0. The van der Waals surface area contributed by atoms with Crippen molar-refractivity contribution in [2.24, 2.45) is 0 Å². The van der Waals surface area contributed by atoms with Gasteiger partial charge in [-0.2, -0.15) is 0 Å². The van der Waals surface area contributed by atoms with Crippen LogP contribution in [0.4, 0.5) is 0 Å². The normalized spacial score (nSPS) is 7.62. The molecule has 0 spiro atoms. The van der Waals surface area contributed by atoms with Gasteiger partial charge in [0.15, 0.2) is 0 Å². The van der Waals surface area contributed by atoms with E-state index in [4.69, 9.17) is 0 Å². The largest absolute Gasteiger partial charge is 1.00 e. The zero-order valence-electron chi connectivity index (χ0n) is 10.9. The average molecular weight is 248 g/mol. The molecule has 0 aliphatic rings. The predicted octanol–water partition coefficient (Wildman–Crippen LogP) is -6.14. The van der Waals surface area contributed by atoms with Crippen LogP contribution in [-0.2, 0) is 9.59 Å². The number of hydrogen-bond acceptors (Lipinski definition) is 4. The fourth-order valence-corrected chi connectivity index (χ4v) is 0.696. The number of carboxylic acids is 2. The van der Waals surface area contributed by atoms with E-state index in [1.54, 1.807) is 0 Å². The molecule has 16 heavy (non-hydrogen) atoms. The first kappa shape index (κ1) is 25.7. The minimum atomic E-state index is -0.995. The van der Waals surface area contributed by atoms with Gasteiger partial charge >= 0.3 is 59.1 Å². The molecular formula is C10H18Na2O4. The van der Waals surface area contributed by atoms with Gasteiger partial charge in [0.2, 0.25) is 0 Å². The Labute approximate surface area is 142 Å². The zero-order valence-corrected chi connectivity index (χ0v) is 14.9. The fraction of sp³-hybridized carbons (Fsp3) is 0.800. The Morgan fingerprint density at radius 3 is 1.56 bits per heavy atom. The first-order valence-electron chi connectivity index (χ1n) is 4.94. The van der Waals surface area contributed by atoms with Crippen LogP contribution in [0.2, 0.25) is 0 Å². The van der Waals surface area contributed by atoms with Crippen LogP contribution in [0.15, 0.2) is 0 Å². The zero-order chi connectivity index (χ0) is 11.4. The number of unbranched alkanes of at least 4 members (excludes halogenated alkanes) is 3. The molecule has 0 radical (unpaired) electrons. The van der Waals surface area contributed by atoms with E-state index in [0.29, 0.717) is 0 Å². The third-order valence-electron chi connectivity index (χ3n) is 1.52. The van der Waals surface area contributed by atoms with Crippen LogP contribution in [-0.4, -0.2) is 11.9 Å². The third-order valence-corrected chi connectivity index (χ3v) is 1.52. The summed E-state index contributed by atoms with van der Waals surface area (Å²) in [6.45, 7) is 3.63. The van der Waals surface area contributed by atoms with Crippen molar-refractivity contribution < 1.29 is 78.9 Å². The number of rotatable bonds is 6. The number of carbonyl (C=O) groups is 2. The number of aliphatic carboxylic acids is 2. The molecule has 0 fully saturated rings. The number of carbonyl (C=O) groups excluding carboxylic acids is 2. The van der Waals surface area contributed by atoms with Crippen molar-refractivity contribution in [3.05, 3.63) is 0 Å². The molecule has 0 saturated heterocycles. The minimum Gasteiger partial charge on any atom is -0.550 e. The Kier molecular flexibility index (Phi) is 34.1. The summed E-state index contributed by atoms with van der Waals surface area (Å²) in [5.41, 5.74) is 0. The number of hydrogen-bond donors (Lipinski definition) is 0. The van der Waals surface area contributed by atoms with Crippen LogP contribution in [0, 0.1) is 0 Å². The molecule has 0 unspecified atom stereocenters. The van der Waals surface area contributed by atoms with Crippen LogP contribution in [0.3, 0.4) is 0 Å². The van der Waals surface area contributed by atoms with Gasteiger partial charge in [0.25, 0.3) is 0 Å². The van der Waals surface area contributed by atoms with Crippen molar-refractivity contribution >= 4 is 11.9 Å². The van der Waals surface area contributed by atoms with Gasteiger partial charge in [-0.15, -0.1) is 0 Å². The van der Waals surface area contributed by atoms with E-state index >= 15 is 0 Å². The Morgan fingerprint density at radius 2 is 1.31 bits per heavy atom. The van der Waals surface area contributed by atoms with Crippen molar-refractivity contribution in [3.8, 4) is 0 Å². The van der Waals surface area contributed by atoms with Crippen molar-refractivity contribution in [3.63, 3.8) is 0 Å². The Hall–Kier alpha value is 0.940. The molecule has 4 nitrogen and oxygen atoms in total. The van der Waals surface area contributed by atoms with E-state index in [2.05, 4.69) is 6.92 Å². The van der Waals surface area contributed by atoms with E-state index < -0.39 is 11.9 Å². The van der Waals surface area contributed by atoms with Crippen molar-refractivity contribution in [2.45, 2.75) is 52.4 Å². The summed E-state index contributed by atoms with van der Waals surface area (Å²) in [5, 5.41) is 19.1. The van der Waals surface area contributed by atoms with Crippen molar-refractivity contribution in [1.82, 2.24) is 0 Å². The Bertz CT molecular complexity index is 163. The summed E-state index contributed by atoms with van der Waals surface area (Å²) in [6, 6.07) is 0. The molecule has 84 valence electrons. The van der Waals surface area contributed by atoms with Crippen LogP contribution >= 0.6 is 0 Å². The molecule has 0 aromatic carbocycles. The Morgan fingerprint density at radius 1 is 0.875 bits per heavy atom. The summed E-state index contributed by atoms with van der Waals surface area (Å²) in [6.07, 6.45) is 4.40. The monoisotopic (exact) mass is 248 g/mol. The molecule has 0 bridgehead atoms. The number of carboxylic acid groups (broad SMARTS) is 2. The van der Waals surface area contributed by atoms with E-state index in [1.165, 1.54) is 6.92 Å². The molecular weight excluding hydrogens is 230 g/mol. The van der Waals surface area contributed by atoms with Crippen LogP contribution < -0.4 is 69.3 Å². The average Bonchev–Trinajstić information content (AvgIpc) is 2.13. The summed E-state index contributed by atoms with van der Waals surface area (Å²) in [4.78, 5) is 19.1. The second-order valence-electron chi connectivity index (χ2n) is 2.91. The van der Waals surface area contributed by atoms with Gasteiger partial charge in [0.05, 0.1) is 0 Å². The molecule has 0 amide bonds. The SMILES string of the molecule is CCC(=O)[O-].CCCCCCC(=O)[O-].[Na+].[Na+]. The predicted molar refractivity (Wildman–Crippen MR) is 49.1 cm³/mol. The van der Waals surface area contributed by atoms with Gasteiger partial charge < -0.3 is 19.8 Å². The van der Waals surface area contributed by atoms with Gasteiger partial charge in [-0.25, -0.2) is 0 Å². The molecule has 0 heterocycles. The maximum atomic E-state index is 9.85. The summed E-state index contributed by atoms with van der Waals surface area (Å²) >= 11 is 0. The topological polar surface area (TPSA) is 80.3 Å². The summed E-state index contributed by atoms with van der Waals surface area (Å²) in [5.74, 6) is -1.92. The molecule has 0 aromatic rings. The maximum Gasteiger partial charge on any atom is 1.00 e. The van der Waals surface area contributed by atoms with Gasteiger partial charge in [0, 0.05) is 11.9 Å². The quantitative estimate of drug-likeness (QED) is 0.346. The second-order valence-corrected chi connectivity index (χ2v) is 2.91. The van der Waals surface area contributed by atoms with Crippen LogP contribution in [0.25, 0.3) is 0 Å². The van der Waals surface area contributed by atoms with Gasteiger partial charge in [-0.3, -0.25) is 0 Å². The third kappa shape index (κ3) is 36.3. The van der Waals surface area contributed by atoms with Crippen LogP contribution in [0.5, 0.6) is 0 Å². The minimum absolute atomic E-state index is 0. The first-order chi connectivity index (χ1) is 6.54. The molecule has 6 heteroatoms. The molecule has 0 atom stereocenters. The van der Waals surface area contributed by atoms with E-state index in [9.17, 15) is 19.8 Å². The Balaban J connectivity index is -0.0000000904. The maximum absolute atomic E-state index is 9.85. The standard InChI is InChI=1S/C7H14O2.C3H6O2.2Na/c1-2-3-4-5-6-7(8)9;1-2-3(4)5;;/h2-6H2,1H3,(H,8,9);2H2,1H3,(H,4,5);;/q;;2*+1/p-2. The van der Waals surface area contributed by atoms with Crippen LogP contribution in [0.1, 0.15) is 52.4 Å². The van der Waals surface area contributed by atoms with Gasteiger partial charge in [-0.05, 0) is 19.3 Å². The van der Waals surface area contributed by atoms with Crippen molar-refractivity contribution in [1.29, 1.82) is 0 Å². The summed E-state index contributed by atoms with van der Waals surface area (Å²) < 4.78 is 0. The smallest absolute Gasteiger partial charge is 0.550 e. The van der Waals surface area contributed by atoms with E-state index in [-0.39, 0.29) is 72.0 Å². The molecule has 0 aromatic heterocycles. The van der Waals surface area contributed by atoms with Gasteiger partial charge in [0.1, 0.15) is 0 Å². The molecule has 0 N–H and O–H groups in total. The van der Waals surface area contributed by atoms with E-state index in [0.717, 1.165) is 25.7 Å². The first-order valence-corrected chi connectivity index (χ1v) is 4.94. The van der Waals surface area contributed by atoms with Crippen molar-refractivity contribution in [2.75, 3.05) is 0 Å². The fourth-order valence-electron chi connectivity index (χ4n) is 0.696.